The van der Waals surface area contributed by atoms with Crippen LogP contribution in [0.5, 0.6) is 0 Å². The van der Waals surface area contributed by atoms with E-state index in [-0.39, 0.29) is 17.4 Å². The second-order valence-electron chi connectivity index (χ2n) is 5.04. The van der Waals surface area contributed by atoms with Gasteiger partial charge in [-0.15, -0.1) is 10.2 Å². The highest BCUT2D eigenvalue weighted by atomic mass is 35.5. The average molecular weight is 312 g/mol. The van der Waals surface area contributed by atoms with E-state index in [2.05, 4.69) is 10.2 Å². The summed E-state index contributed by atoms with van der Waals surface area (Å²) in [6.07, 6.45) is 0.672. The first-order valence-electron chi connectivity index (χ1n) is 6.40. The lowest BCUT2D eigenvalue weighted by Crippen LogP contribution is -2.13. The molecular weight excluding hydrogens is 298 g/mol. The predicted molar refractivity (Wildman–Crippen MR) is 77.2 cm³/mol. The molecule has 0 aliphatic carbocycles. The van der Waals surface area contributed by atoms with Gasteiger partial charge in [-0.2, -0.15) is 0 Å². The Morgan fingerprint density at radius 1 is 1.25 bits per heavy atom. The van der Waals surface area contributed by atoms with Crippen LogP contribution in [0.2, 0.25) is 5.28 Å². The molecule has 0 N–H and O–H groups in total. The van der Waals surface area contributed by atoms with Crippen LogP contribution in [0, 0.1) is 5.92 Å². The van der Waals surface area contributed by atoms with Crippen LogP contribution < -0.4 is 0 Å². The molecule has 1 fully saturated rings. The minimum Gasteiger partial charge on any atom is -0.297 e. The number of hydrogen-bond donors (Lipinski definition) is 0. The quantitative estimate of drug-likeness (QED) is 0.870. The second-order valence-corrected chi connectivity index (χ2v) is 7.61. The van der Waals surface area contributed by atoms with Crippen LogP contribution in [0.15, 0.2) is 30.3 Å². The van der Waals surface area contributed by atoms with Crippen LogP contribution in [0.3, 0.4) is 0 Å². The van der Waals surface area contributed by atoms with Crippen LogP contribution in [-0.2, 0) is 16.4 Å². The number of halogens is 1. The third kappa shape index (κ3) is 2.71. The van der Waals surface area contributed by atoms with Gasteiger partial charge in [0.25, 0.3) is 0 Å². The number of rotatable bonds is 3. The first-order valence-corrected chi connectivity index (χ1v) is 8.60. The maximum absolute atomic E-state index is 11.5. The topological polar surface area (TPSA) is 64.8 Å². The van der Waals surface area contributed by atoms with Gasteiger partial charge in [-0.25, -0.2) is 8.42 Å². The molecule has 2 heterocycles. The van der Waals surface area contributed by atoms with Crippen molar-refractivity contribution in [1.82, 2.24) is 14.8 Å². The molecule has 0 radical (unpaired) electrons. The summed E-state index contributed by atoms with van der Waals surface area (Å²) in [5.41, 5.74) is 0.924. The van der Waals surface area contributed by atoms with Crippen molar-refractivity contribution in [3.63, 3.8) is 0 Å². The highest BCUT2D eigenvalue weighted by Gasteiger charge is 2.29. The van der Waals surface area contributed by atoms with E-state index in [1.54, 1.807) is 4.57 Å². The van der Waals surface area contributed by atoms with Gasteiger partial charge in [-0.1, -0.05) is 30.3 Å². The van der Waals surface area contributed by atoms with Crippen LogP contribution in [0.25, 0.3) is 11.4 Å². The molecule has 2 aromatic rings. The van der Waals surface area contributed by atoms with E-state index in [1.165, 1.54) is 0 Å². The first kappa shape index (κ1) is 13.6. The van der Waals surface area contributed by atoms with Crippen molar-refractivity contribution in [2.24, 2.45) is 5.92 Å². The van der Waals surface area contributed by atoms with Gasteiger partial charge < -0.3 is 0 Å². The van der Waals surface area contributed by atoms with E-state index in [4.69, 9.17) is 11.6 Å². The molecule has 1 aromatic heterocycles. The molecule has 7 heteroatoms. The zero-order valence-electron chi connectivity index (χ0n) is 10.7. The summed E-state index contributed by atoms with van der Waals surface area (Å²) >= 11 is 6.08. The highest BCUT2D eigenvalue weighted by Crippen LogP contribution is 2.26. The van der Waals surface area contributed by atoms with Gasteiger partial charge in [0.15, 0.2) is 15.7 Å². The number of nitrogens with zero attached hydrogens (tertiary/aromatic N) is 3. The van der Waals surface area contributed by atoms with E-state index < -0.39 is 9.84 Å². The summed E-state index contributed by atoms with van der Waals surface area (Å²) in [6.45, 7) is 0.537. The molecule has 0 amide bonds. The maximum Gasteiger partial charge on any atom is 0.225 e. The van der Waals surface area contributed by atoms with Crippen LogP contribution >= 0.6 is 11.6 Å². The fourth-order valence-electron chi connectivity index (χ4n) is 2.52. The van der Waals surface area contributed by atoms with E-state index in [0.717, 1.165) is 5.56 Å². The minimum atomic E-state index is -2.89. The molecule has 5 nitrogen and oxygen atoms in total. The Labute approximate surface area is 122 Å². The molecule has 3 rings (SSSR count). The Kier molecular flexibility index (Phi) is 3.52. The molecule has 20 heavy (non-hydrogen) atoms. The van der Waals surface area contributed by atoms with Gasteiger partial charge in [-0.05, 0) is 23.9 Å². The van der Waals surface area contributed by atoms with Gasteiger partial charge in [0.1, 0.15) is 0 Å². The van der Waals surface area contributed by atoms with Gasteiger partial charge in [0, 0.05) is 12.1 Å². The zero-order valence-corrected chi connectivity index (χ0v) is 12.3. The lowest BCUT2D eigenvalue weighted by atomic mass is 10.1. The molecule has 0 bridgehead atoms. The van der Waals surface area contributed by atoms with Crippen molar-refractivity contribution in [3.8, 4) is 11.4 Å². The van der Waals surface area contributed by atoms with E-state index >= 15 is 0 Å². The first-order chi connectivity index (χ1) is 9.55. The normalized spacial score (nSPS) is 21.1. The Bertz CT molecular complexity index is 712. The van der Waals surface area contributed by atoms with Gasteiger partial charge in [-0.3, -0.25) is 4.57 Å². The van der Waals surface area contributed by atoms with E-state index in [1.807, 2.05) is 30.3 Å². The van der Waals surface area contributed by atoms with Crippen molar-refractivity contribution in [2.75, 3.05) is 11.5 Å². The zero-order chi connectivity index (χ0) is 14.2. The lowest BCUT2D eigenvalue weighted by Gasteiger charge is -2.12. The fourth-order valence-corrected chi connectivity index (χ4v) is 4.56. The second kappa shape index (κ2) is 5.18. The number of hydrogen-bond acceptors (Lipinski definition) is 4. The summed E-state index contributed by atoms with van der Waals surface area (Å²) in [5, 5.41) is 8.30. The van der Waals surface area contributed by atoms with Crippen molar-refractivity contribution < 1.29 is 8.42 Å². The largest absolute Gasteiger partial charge is 0.297 e. The molecule has 1 saturated heterocycles. The third-order valence-electron chi connectivity index (χ3n) is 3.51. The van der Waals surface area contributed by atoms with E-state index in [0.29, 0.717) is 24.1 Å². The third-order valence-corrected chi connectivity index (χ3v) is 5.62. The minimum absolute atomic E-state index is 0.0796. The number of aromatic nitrogens is 3. The Hall–Kier alpha value is -1.40. The van der Waals surface area contributed by atoms with Gasteiger partial charge in [0.05, 0.1) is 11.5 Å². The summed E-state index contributed by atoms with van der Waals surface area (Å²) in [4.78, 5) is 0. The maximum atomic E-state index is 11.5. The summed E-state index contributed by atoms with van der Waals surface area (Å²) in [6, 6.07) is 9.63. The molecule has 106 valence electrons. The molecule has 1 aliphatic heterocycles. The molecule has 0 spiro atoms. The molecular formula is C13H14ClN3O2S. The Morgan fingerprint density at radius 3 is 2.65 bits per heavy atom. The van der Waals surface area contributed by atoms with E-state index in [9.17, 15) is 8.42 Å². The smallest absolute Gasteiger partial charge is 0.225 e. The summed E-state index contributed by atoms with van der Waals surface area (Å²) in [7, 11) is -2.89. The number of sulfone groups is 1. The Balaban J connectivity index is 1.89. The average Bonchev–Trinajstić information content (AvgIpc) is 2.95. The van der Waals surface area contributed by atoms with Gasteiger partial charge >= 0.3 is 0 Å². The van der Waals surface area contributed by atoms with Crippen molar-refractivity contribution in [3.05, 3.63) is 35.6 Å². The molecule has 0 saturated carbocycles. The Morgan fingerprint density at radius 2 is 2.00 bits per heavy atom. The number of benzene rings is 1. The molecule has 1 unspecified atom stereocenters. The standard InChI is InChI=1S/C13H14ClN3O2S/c14-13-16-15-12(11-4-2-1-3-5-11)17(13)8-10-6-7-20(18,19)9-10/h1-5,10H,6-9H2. The predicted octanol–water partition coefficient (Wildman–Crippen LogP) is 2.03. The van der Waals surface area contributed by atoms with Crippen molar-refractivity contribution >= 4 is 21.4 Å². The van der Waals surface area contributed by atoms with Crippen LogP contribution in [-0.4, -0.2) is 34.7 Å². The van der Waals surface area contributed by atoms with Crippen LogP contribution in [0.1, 0.15) is 6.42 Å². The van der Waals surface area contributed by atoms with Crippen LogP contribution in [0.4, 0.5) is 0 Å². The highest BCUT2D eigenvalue weighted by molar-refractivity contribution is 7.91. The lowest BCUT2D eigenvalue weighted by molar-refractivity contribution is 0.493. The van der Waals surface area contributed by atoms with Gasteiger partial charge in [0.2, 0.25) is 5.28 Å². The SMILES string of the molecule is O=S1(=O)CCC(Cn2c(Cl)nnc2-c2ccccc2)C1. The molecule has 1 atom stereocenters. The monoisotopic (exact) mass is 311 g/mol. The molecule has 1 aromatic carbocycles. The fraction of sp³-hybridized carbons (Fsp3) is 0.385. The van der Waals surface area contributed by atoms with Crippen molar-refractivity contribution in [1.29, 1.82) is 0 Å². The summed E-state index contributed by atoms with van der Waals surface area (Å²) < 4.78 is 24.9. The molecule has 1 aliphatic rings. The summed E-state index contributed by atoms with van der Waals surface area (Å²) in [5.74, 6) is 1.24. The van der Waals surface area contributed by atoms with Crippen molar-refractivity contribution in [2.45, 2.75) is 13.0 Å².